The molecule has 302 valence electrons. The van der Waals surface area contributed by atoms with Crippen LogP contribution in [0.15, 0.2) is 200 Å². The van der Waals surface area contributed by atoms with E-state index in [9.17, 15) is 0 Å². The number of aryl methyl sites for hydroxylation is 2. The number of rotatable bonds is 7. The SMILES string of the molecule is Cc1nc(C)nc(-c2ccc3c(c2)c2ccccc2n3-c2ccc(-c3cc(-c4ccccc4)nc(-c4ccccc4)n3)cc2-c2cccc(-n3c4ccccc4c4ccccc43)c2)n1. The van der Waals surface area contributed by atoms with E-state index >= 15 is 0 Å². The minimum absolute atomic E-state index is 0.672. The van der Waals surface area contributed by atoms with Crippen molar-refractivity contribution in [2.45, 2.75) is 13.8 Å². The zero-order chi connectivity index (χ0) is 42.7. The maximum Gasteiger partial charge on any atom is 0.163 e. The van der Waals surface area contributed by atoms with Gasteiger partial charge in [0.2, 0.25) is 0 Å². The first kappa shape index (κ1) is 37.2. The van der Waals surface area contributed by atoms with Crippen molar-refractivity contribution in [2.75, 3.05) is 0 Å². The lowest BCUT2D eigenvalue weighted by atomic mass is 9.97. The van der Waals surface area contributed by atoms with Crippen molar-refractivity contribution >= 4 is 43.6 Å². The molecule has 0 unspecified atom stereocenters. The smallest absolute Gasteiger partial charge is 0.163 e. The Balaban J connectivity index is 1.11. The Labute approximate surface area is 369 Å². The second kappa shape index (κ2) is 15.1. The third-order valence-electron chi connectivity index (χ3n) is 12.1. The molecule has 0 atom stereocenters. The van der Waals surface area contributed by atoms with Crippen LogP contribution in [0.25, 0.3) is 111 Å². The van der Waals surface area contributed by atoms with E-state index in [-0.39, 0.29) is 0 Å². The zero-order valence-electron chi connectivity index (χ0n) is 35.2. The van der Waals surface area contributed by atoms with E-state index in [0.29, 0.717) is 23.3 Å². The van der Waals surface area contributed by atoms with Crippen LogP contribution in [0.1, 0.15) is 11.6 Å². The topological polar surface area (TPSA) is 74.3 Å². The predicted molar refractivity (Wildman–Crippen MR) is 261 cm³/mol. The second-order valence-electron chi connectivity index (χ2n) is 16.2. The average Bonchev–Trinajstić information content (AvgIpc) is 3.86. The summed E-state index contributed by atoms with van der Waals surface area (Å²) in [4.78, 5) is 24.3. The first-order chi connectivity index (χ1) is 31.5. The van der Waals surface area contributed by atoms with Crippen molar-refractivity contribution < 1.29 is 0 Å². The third-order valence-corrected chi connectivity index (χ3v) is 12.1. The number of nitrogens with zero attached hydrogens (tertiary/aromatic N) is 7. The van der Waals surface area contributed by atoms with Gasteiger partial charge >= 0.3 is 0 Å². The molecular weight excluding hydrogens is 783 g/mol. The van der Waals surface area contributed by atoms with E-state index < -0.39 is 0 Å². The fourth-order valence-corrected chi connectivity index (χ4v) is 9.32. The Morgan fingerprint density at radius 2 is 0.828 bits per heavy atom. The van der Waals surface area contributed by atoms with Crippen LogP contribution in [-0.2, 0) is 0 Å². The highest BCUT2D eigenvalue weighted by atomic mass is 15.0. The van der Waals surface area contributed by atoms with E-state index in [0.717, 1.165) is 77.9 Å². The molecule has 0 saturated heterocycles. The van der Waals surface area contributed by atoms with Crippen LogP contribution in [0.2, 0.25) is 0 Å². The fourth-order valence-electron chi connectivity index (χ4n) is 9.32. The Kier molecular flexibility index (Phi) is 8.79. The van der Waals surface area contributed by atoms with Gasteiger partial charge in [0, 0.05) is 55.0 Å². The minimum atomic E-state index is 0.672. The first-order valence-electron chi connectivity index (χ1n) is 21.5. The van der Waals surface area contributed by atoms with Gasteiger partial charge in [-0.3, -0.25) is 0 Å². The Morgan fingerprint density at radius 1 is 0.312 bits per heavy atom. The minimum Gasteiger partial charge on any atom is -0.309 e. The number of fused-ring (bicyclic) bond motifs is 6. The lowest BCUT2D eigenvalue weighted by molar-refractivity contribution is 0.929. The second-order valence-corrected chi connectivity index (χ2v) is 16.2. The molecule has 0 N–H and O–H groups in total. The van der Waals surface area contributed by atoms with Gasteiger partial charge in [-0.25, -0.2) is 24.9 Å². The Morgan fingerprint density at radius 3 is 1.50 bits per heavy atom. The molecular formula is C57H39N7. The monoisotopic (exact) mass is 821 g/mol. The van der Waals surface area contributed by atoms with E-state index in [1.165, 1.54) is 21.8 Å². The highest BCUT2D eigenvalue weighted by molar-refractivity contribution is 6.11. The lowest BCUT2D eigenvalue weighted by Crippen LogP contribution is -2.01. The van der Waals surface area contributed by atoms with Crippen molar-refractivity contribution in [3.05, 3.63) is 212 Å². The van der Waals surface area contributed by atoms with Crippen LogP contribution < -0.4 is 0 Å². The van der Waals surface area contributed by atoms with Crippen molar-refractivity contribution in [3.8, 4) is 67.8 Å². The molecule has 0 amide bonds. The third kappa shape index (κ3) is 6.33. The van der Waals surface area contributed by atoms with Gasteiger partial charge in [0.25, 0.3) is 0 Å². The summed E-state index contributed by atoms with van der Waals surface area (Å²) < 4.78 is 4.78. The molecule has 8 aromatic carbocycles. The molecule has 12 aromatic rings. The molecule has 0 aliphatic rings. The first-order valence-corrected chi connectivity index (χ1v) is 21.5. The van der Waals surface area contributed by atoms with Crippen LogP contribution in [0, 0.1) is 13.8 Å². The van der Waals surface area contributed by atoms with Crippen molar-refractivity contribution in [1.29, 1.82) is 0 Å². The number of hydrogen-bond acceptors (Lipinski definition) is 5. The van der Waals surface area contributed by atoms with Gasteiger partial charge in [-0.1, -0.05) is 133 Å². The molecule has 0 saturated carbocycles. The van der Waals surface area contributed by atoms with Gasteiger partial charge in [-0.15, -0.1) is 0 Å². The van der Waals surface area contributed by atoms with Gasteiger partial charge in [0.15, 0.2) is 11.6 Å². The molecule has 0 aliphatic heterocycles. The maximum absolute atomic E-state index is 5.27. The van der Waals surface area contributed by atoms with Crippen molar-refractivity contribution in [2.24, 2.45) is 0 Å². The molecule has 0 aliphatic carbocycles. The zero-order valence-corrected chi connectivity index (χ0v) is 35.2. The van der Waals surface area contributed by atoms with Gasteiger partial charge < -0.3 is 9.13 Å². The Bertz CT molecular complexity index is 3620. The number of benzene rings is 8. The highest BCUT2D eigenvalue weighted by Gasteiger charge is 2.20. The Hall–Kier alpha value is -8.55. The molecule has 12 rings (SSSR count). The molecule has 0 fully saturated rings. The van der Waals surface area contributed by atoms with E-state index in [1.807, 2.05) is 38.1 Å². The summed E-state index contributed by atoms with van der Waals surface area (Å²) in [5.41, 5.74) is 14.4. The quantitative estimate of drug-likeness (QED) is 0.160. The molecule has 0 spiro atoms. The van der Waals surface area contributed by atoms with Gasteiger partial charge in [0.05, 0.1) is 39.1 Å². The molecule has 4 aromatic heterocycles. The average molecular weight is 822 g/mol. The maximum atomic E-state index is 5.27. The number of aromatic nitrogens is 7. The molecule has 4 heterocycles. The normalized spacial score (nSPS) is 11.6. The van der Waals surface area contributed by atoms with Gasteiger partial charge in [0.1, 0.15) is 11.6 Å². The fraction of sp³-hybridized carbons (Fsp3) is 0.0351. The van der Waals surface area contributed by atoms with E-state index in [4.69, 9.17) is 19.9 Å². The molecule has 7 nitrogen and oxygen atoms in total. The highest BCUT2D eigenvalue weighted by Crippen LogP contribution is 2.41. The molecule has 7 heteroatoms. The number of para-hydroxylation sites is 3. The van der Waals surface area contributed by atoms with E-state index in [2.05, 4.69) is 190 Å². The summed E-state index contributed by atoms with van der Waals surface area (Å²) in [7, 11) is 0. The van der Waals surface area contributed by atoms with Crippen LogP contribution in [0.5, 0.6) is 0 Å². The predicted octanol–water partition coefficient (Wildman–Crippen LogP) is 13.8. The van der Waals surface area contributed by atoms with Crippen molar-refractivity contribution in [1.82, 2.24) is 34.1 Å². The summed E-state index contributed by atoms with van der Waals surface area (Å²) in [5.74, 6) is 2.75. The summed E-state index contributed by atoms with van der Waals surface area (Å²) in [6, 6.07) is 70.9. The largest absolute Gasteiger partial charge is 0.309 e. The summed E-state index contributed by atoms with van der Waals surface area (Å²) in [6.07, 6.45) is 0. The molecule has 64 heavy (non-hydrogen) atoms. The summed E-state index contributed by atoms with van der Waals surface area (Å²) in [6.45, 7) is 3.83. The standard InChI is InChI=1S/C57H39N7/c1-36-58-37(2)60-57(59-36)42-29-31-55-48(34-42)46-24-11-14-27-53(46)64(55)54-30-28-41(50-35-49(38-16-5-3-6-17-38)61-56(62-50)39-18-7-4-8-19-39)33-47(54)40-20-15-21-43(32-40)63-51-25-12-9-22-44(51)45-23-10-13-26-52(45)63/h3-35H,1-2H3. The van der Waals surface area contributed by atoms with E-state index in [1.54, 1.807) is 0 Å². The summed E-state index contributed by atoms with van der Waals surface area (Å²) >= 11 is 0. The van der Waals surface area contributed by atoms with Crippen LogP contribution in [0.4, 0.5) is 0 Å². The van der Waals surface area contributed by atoms with Gasteiger partial charge in [-0.2, -0.15) is 0 Å². The van der Waals surface area contributed by atoms with Crippen molar-refractivity contribution in [3.63, 3.8) is 0 Å². The van der Waals surface area contributed by atoms with Crippen LogP contribution >= 0.6 is 0 Å². The lowest BCUT2D eigenvalue weighted by Gasteiger charge is -2.18. The van der Waals surface area contributed by atoms with Gasteiger partial charge in [-0.05, 0) is 86.1 Å². The summed E-state index contributed by atoms with van der Waals surface area (Å²) in [5, 5.41) is 4.72. The molecule has 0 bridgehead atoms. The molecule has 0 radical (unpaired) electrons. The van der Waals surface area contributed by atoms with Crippen LogP contribution in [-0.4, -0.2) is 34.1 Å². The van der Waals surface area contributed by atoms with Crippen LogP contribution in [0.3, 0.4) is 0 Å². The number of hydrogen-bond donors (Lipinski definition) is 0.